The number of sulfone groups is 1. The Labute approximate surface area is 256 Å². The van der Waals surface area contributed by atoms with Gasteiger partial charge in [-0.15, -0.1) is 0 Å². The van der Waals surface area contributed by atoms with Crippen LogP contribution < -0.4 is 15.9 Å². The first-order valence-electron chi connectivity index (χ1n) is 13.1. The summed E-state index contributed by atoms with van der Waals surface area (Å²) in [6.45, 7) is 8.69. The summed E-state index contributed by atoms with van der Waals surface area (Å²) in [6.07, 6.45) is -0.282. The molecule has 2 aromatic carbocycles. The summed E-state index contributed by atoms with van der Waals surface area (Å²) in [5.74, 6) is -0.287. The van der Waals surface area contributed by atoms with E-state index in [4.69, 9.17) is 16.3 Å². The van der Waals surface area contributed by atoms with Gasteiger partial charge in [-0.3, -0.25) is 9.69 Å². The first kappa shape index (κ1) is 31.7. The smallest absolute Gasteiger partial charge is 0.431 e. The second kappa shape index (κ2) is 12.2. The molecule has 0 bridgehead atoms. The molecule has 0 aliphatic carbocycles. The fraction of sp³-hybridized carbons (Fsp3) is 0.407. The van der Waals surface area contributed by atoms with E-state index in [1.54, 1.807) is 32.9 Å². The molecule has 1 saturated heterocycles. The molecule has 0 radical (unpaired) electrons. The predicted octanol–water partition coefficient (Wildman–Crippen LogP) is 4.65. The molecule has 1 fully saturated rings. The number of ether oxygens (including phenoxy) is 1. The van der Waals surface area contributed by atoms with Gasteiger partial charge in [-0.05, 0) is 63.1 Å². The largest absolute Gasteiger partial charge is 0.463 e. The van der Waals surface area contributed by atoms with E-state index in [1.807, 2.05) is 0 Å². The Morgan fingerprint density at radius 2 is 1.98 bits per heavy atom. The number of rotatable bonds is 7. The van der Waals surface area contributed by atoms with Crippen LogP contribution in [-0.2, 0) is 21.1 Å². The Hall–Kier alpha value is -3.20. The van der Waals surface area contributed by atoms with Crippen LogP contribution in [0.25, 0.3) is 10.9 Å². The zero-order chi connectivity index (χ0) is 31.0. The van der Waals surface area contributed by atoms with Gasteiger partial charge in [0.25, 0.3) is 5.56 Å². The number of hydrogen-bond donors (Lipinski definition) is 2. The monoisotopic (exact) mass is 683 g/mol. The summed E-state index contributed by atoms with van der Waals surface area (Å²) in [6, 6.07) is 6.95. The zero-order valence-electron chi connectivity index (χ0n) is 23.4. The van der Waals surface area contributed by atoms with Gasteiger partial charge in [0.05, 0.1) is 27.2 Å². The molecule has 3 aromatic rings. The number of likely N-dealkylation sites (tertiary alicyclic amines) is 1. The van der Waals surface area contributed by atoms with Crippen molar-refractivity contribution in [2.75, 3.05) is 23.9 Å². The van der Waals surface area contributed by atoms with E-state index in [1.165, 1.54) is 25.1 Å². The number of hydrogen-bond acceptors (Lipinski definition) is 8. The number of carbonyl (C=O) groups is 2. The molecular formula is C27H31BrClN5O7S. The van der Waals surface area contributed by atoms with Crippen LogP contribution in [0.5, 0.6) is 0 Å². The number of benzene rings is 2. The van der Waals surface area contributed by atoms with Crippen molar-refractivity contribution in [2.45, 2.75) is 57.2 Å². The number of carboxylic acid groups (broad SMARTS) is 1. The minimum absolute atomic E-state index is 0.0701. The van der Waals surface area contributed by atoms with Crippen LogP contribution in [0.3, 0.4) is 0 Å². The van der Waals surface area contributed by atoms with Crippen molar-refractivity contribution in [1.29, 1.82) is 0 Å². The summed E-state index contributed by atoms with van der Waals surface area (Å²) in [4.78, 5) is 44.3. The van der Waals surface area contributed by atoms with Gasteiger partial charge in [0.1, 0.15) is 11.9 Å². The number of fused-ring (bicyclic) bond motifs is 1. The van der Waals surface area contributed by atoms with Crippen LogP contribution >= 0.6 is 27.5 Å². The molecular weight excluding hydrogens is 654 g/mol. The van der Waals surface area contributed by atoms with Gasteiger partial charge in [0.15, 0.2) is 9.84 Å². The highest BCUT2D eigenvalue weighted by Gasteiger charge is 2.29. The van der Waals surface area contributed by atoms with Gasteiger partial charge >= 0.3 is 12.2 Å². The second-order valence-corrected chi connectivity index (χ2v) is 14.4. The Kier molecular flexibility index (Phi) is 9.21. The van der Waals surface area contributed by atoms with Gasteiger partial charge in [0.2, 0.25) is 0 Å². The molecule has 0 spiro atoms. The van der Waals surface area contributed by atoms with Crippen molar-refractivity contribution < 1.29 is 27.9 Å². The summed E-state index contributed by atoms with van der Waals surface area (Å²) >= 11 is 9.61. The van der Waals surface area contributed by atoms with E-state index < -0.39 is 33.2 Å². The number of nitrogens with one attached hydrogen (secondary N) is 1. The van der Waals surface area contributed by atoms with Crippen LogP contribution in [-0.4, -0.2) is 70.8 Å². The molecule has 42 heavy (non-hydrogen) atoms. The van der Waals surface area contributed by atoms with E-state index >= 15 is 0 Å². The molecule has 1 atom stereocenters. The van der Waals surface area contributed by atoms with Crippen molar-refractivity contribution in [2.24, 2.45) is 0 Å². The van der Waals surface area contributed by atoms with Crippen molar-refractivity contribution in [1.82, 2.24) is 19.9 Å². The van der Waals surface area contributed by atoms with Crippen molar-refractivity contribution in [3.8, 4) is 0 Å². The normalized spacial score (nSPS) is 16.0. The number of alkyl carbamates (subject to hydrolysis) is 1. The summed E-state index contributed by atoms with van der Waals surface area (Å²) in [5.41, 5.74) is -0.437. The summed E-state index contributed by atoms with van der Waals surface area (Å²) < 4.78 is 32.2. The third-order valence-electron chi connectivity index (χ3n) is 6.56. The van der Waals surface area contributed by atoms with E-state index in [0.29, 0.717) is 28.1 Å². The molecule has 2 amide bonds. The van der Waals surface area contributed by atoms with Crippen LogP contribution in [0.4, 0.5) is 15.3 Å². The van der Waals surface area contributed by atoms with E-state index in [2.05, 4.69) is 31.1 Å². The Bertz CT molecular complexity index is 1710. The van der Waals surface area contributed by atoms with E-state index in [0.717, 1.165) is 29.5 Å². The molecule has 15 heteroatoms. The number of halogens is 2. The van der Waals surface area contributed by atoms with Crippen LogP contribution in [0, 0.1) is 0 Å². The number of amides is 2. The third kappa shape index (κ3) is 7.05. The molecule has 2 N–H and O–H groups in total. The number of aromatic nitrogens is 2. The van der Waals surface area contributed by atoms with Gasteiger partial charge in [-0.25, -0.2) is 23.0 Å². The highest BCUT2D eigenvalue weighted by molar-refractivity contribution is 9.10. The fourth-order valence-corrected chi connectivity index (χ4v) is 6.32. The van der Waals surface area contributed by atoms with Crippen LogP contribution in [0.2, 0.25) is 5.02 Å². The van der Waals surface area contributed by atoms with Crippen LogP contribution in [0.1, 0.15) is 39.7 Å². The first-order valence-corrected chi connectivity index (χ1v) is 15.9. The maximum absolute atomic E-state index is 13.6. The topological polar surface area (TPSA) is 151 Å². The van der Waals surface area contributed by atoms with E-state index in [-0.39, 0.29) is 32.8 Å². The standard InChI is InChI=1S/C27H31BrClN5O7S/c1-5-42(39,40)23-7-6-17(29)11-22(23)34(26(37)38)33-15-30-21-10-16(20(28)12-19(21)24(33)35)13-32-9-8-18(14-32)31-25(36)41-27(2,3)4/h6-7,10-12,15,18H,5,8-9,13-14H2,1-4H3,(H,31,36)(H,37,38)/t18-/m0/s1. The van der Waals surface area contributed by atoms with Crippen molar-refractivity contribution >= 4 is 66.1 Å². The lowest BCUT2D eigenvalue weighted by atomic mass is 10.1. The lowest BCUT2D eigenvalue weighted by Gasteiger charge is -2.24. The summed E-state index contributed by atoms with van der Waals surface area (Å²) in [7, 11) is -3.87. The maximum Gasteiger partial charge on any atom is 0.431 e. The highest BCUT2D eigenvalue weighted by atomic mass is 79.9. The minimum Gasteiger partial charge on any atom is -0.463 e. The summed E-state index contributed by atoms with van der Waals surface area (Å²) in [5, 5.41) is 13.7. The Morgan fingerprint density at radius 3 is 2.62 bits per heavy atom. The molecule has 0 unspecified atom stereocenters. The average molecular weight is 685 g/mol. The second-order valence-electron chi connectivity index (χ2n) is 10.8. The van der Waals surface area contributed by atoms with Gasteiger partial charge < -0.3 is 15.2 Å². The molecule has 1 aliphatic heterocycles. The molecule has 1 aromatic heterocycles. The lowest BCUT2D eigenvalue weighted by Crippen LogP contribution is -2.43. The number of nitrogens with zero attached hydrogens (tertiary/aromatic N) is 4. The van der Waals surface area contributed by atoms with Crippen LogP contribution in [0.15, 0.2) is 50.8 Å². The Balaban J connectivity index is 1.63. The first-order chi connectivity index (χ1) is 19.6. The lowest BCUT2D eigenvalue weighted by molar-refractivity contribution is 0.0505. The number of carbonyl (C=O) groups excluding carboxylic acids is 1. The molecule has 2 heterocycles. The van der Waals surface area contributed by atoms with Gasteiger partial charge in [0, 0.05) is 35.2 Å². The predicted molar refractivity (Wildman–Crippen MR) is 162 cm³/mol. The quantitative estimate of drug-likeness (QED) is 0.362. The fourth-order valence-electron chi connectivity index (χ4n) is 4.63. The van der Waals surface area contributed by atoms with Crippen molar-refractivity contribution in [3.05, 3.63) is 62.1 Å². The molecule has 0 saturated carbocycles. The average Bonchev–Trinajstić information content (AvgIpc) is 3.31. The number of anilines is 1. The molecule has 4 rings (SSSR count). The maximum atomic E-state index is 13.6. The Morgan fingerprint density at radius 1 is 1.26 bits per heavy atom. The highest BCUT2D eigenvalue weighted by Crippen LogP contribution is 2.31. The molecule has 12 nitrogen and oxygen atoms in total. The minimum atomic E-state index is -3.87. The van der Waals surface area contributed by atoms with Crippen molar-refractivity contribution in [3.63, 3.8) is 0 Å². The molecule has 226 valence electrons. The zero-order valence-corrected chi connectivity index (χ0v) is 26.6. The third-order valence-corrected chi connectivity index (χ3v) is 9.31. The molecule has 1 aliphatic rings. The van der Waals surface area contributed by atoms with Gasteiger partial charge in [-0.2, -0.15) is 9.69 Å². The SMILES string of the molecule is CCS(=O)(=O)c1ccc(Cl)cc1N(C(=O)O)n1cnc2cc(CN3CC[C@H](NC(=O)OC(C)(C)C)C3)c(Br)cc2c1=O. The van der Waals surface area contributed by atoms with E-state index in [9.17, 15) is 27.9 Å². The van der Waals surface area contributed by atoms with Gasteiger partial charge in [-0.1, -0.05) is 34.5 Å².